The van der Waals surface area contributed by atoms with Crippen molar-refractivity contribution >= 4 is 49.9 Å². The minimum absolute atomic E-state index is 0.115. The Morgan fingerprint density at radius 2 is 1.81 bits per heavy atom. The summed E-state index contributed by atoms with van der Waals surface area (Å²) < 4.78 is 1.02. The summed E-state index contributed by atoms with van der Waals surface area (Å²) in [5.74, 6) is -0.354. The van der Waals surface area contributed by atoms with E-state index in [1.54, 1.807) is 19.2 Å². The van der Waals surface area contributed by atoms with Crippen LogP contribution in [0, 0.1) is 0 Å². The highest BCUT2D eigenvalue weighted by molar-refractivity contribution is 7.22. The van der Waals surface area contributed by atoms with E-state index in [1.807, 2.05) is 42.5 Å². The van der Waals surface area contributed by atoms with E-state index in [1.165, 1.54) is 21.2 Å². The van der Waals surface area contributed by atoms with Crippen molar-refractivity contribution in [3.63, 3.8) is 0 Å². The summed E-state index contributed by atoms with van der Waals surface area (Å²) in [7, 11) is 1.69. The molecule has 26 heavy (non-hydrogen) atoms. The van der Waals surface area contributed by atoms with Crippen molar-refractivity contribution < 1.29 is 9.59 Å². The van der Waals surface area contributed by atoms with Crippen LogP contribution in [0.3, 0.4) is 0 Å². The van der Waals surface area contributed by atoms with Crippen molar-refractivity contribution in [3.05, 3.63) is 54.6 Å². The van der Waals surface area contributed by atoms with E-state index in [9.17, 15) is 9.59 Å². The maximum atomic E-state index is 12.9. The maximum absolute atomic E-state index is 12.9. The zero-order chi connectivity index (χ0) is 18.1. The Morgan fingerprint density at radius 3 is 2.58 bits per heavy atom. The first-order valence-corrected chi connectivity index (χ1v) is 9.04. The summed E-state index contributed by atoms with van der Waals surface area (Å²) in [6.07, 6.45) is 0.587. The number of aromatic nitrogens is 1. The van der Waals surface area contributed by atoms with E-state index in [2.05, 4.69) is 10.1 Å². The highest BCUT2D eigenvalue weighted by Gasteiger charge is 2.28. The molecule has 2 amide bonds. The lowest BCUT2D eigenvalue weighted by atomic mass is 10.1. The normalized spacial score (nSPS) is 14.4. The number of benzene rings is 2. The Bertz CT molecular complexity index is 980. The number of amides is 2. The molecular weight excluding hydrogens is 348 g/mol. The van der Waals surface area contributed by atoms with Crippen molar-refractivity contribution in [2.45, 2.75) is 12.8 Å². The lowest BCUT2D eigenvalue weighted by Gasteiger charge is -2.24. The third kappa shape index (κ3) is 2.97. The SMILES string of the molecule is CN(C(=O)C1=NN(c2ccccc2)C(=O)CC1)c1nc2ccccc2s1. The molecular formula is C19H16N4O2S. The van der Waals surface area contributed by atoms with Crippen LogP contribution < -0.4 is 9.91 Å². The van der Waals surface area contributed by atoms with Crippen LogP contribution in [0.4, 0.5) is 10.8 Å². The number of carbonyl (C=O) groups excluding carboxylic acids is 2. The first-order chi connectivity index (χ1) is 12.6. The quantitative estimate of drug-likeness (QED) is 0.715. The molecule has 130 valence electrons. The molecule has 2 heterocycles. The van der Waals surface area contributed by atoms with Gasteiger partial charge in [-0.1, -0.05) is 41.7 Å². The van der Waals surface area contributed by atoms with Crippen LogP contribution in [0.1, 0.15) is 12.8 Å². The minimum Gasteiger partial charge on any atom is -0.286 e. The molecule has 1 aliphatic rings. The molecule has 0 saturated heterocycles. The van der Waals surface area contributed by atoms with Gasteiger partial charge in [0.25, 0.3) is 5.91 Å². The number of anilines is 2. The summed E-state index contributed by atoms with van der Waals surface area (Å²) in [4.78, 5) is 31.1. The van der Waals surface area contributed by atoms with Crippen molar-refractivity contribution in [1.29, 1.82) is 0 Å². The van der Waals surface area contributed by atoms with Gasteiger partial charge in [-0.05, 0) is 24.3 Å². The smallest absolute Gasteiger partial charge is 0.276 e. The highest BCUT2D eigenvalue weighted by atomic mass is 32.1. The zero-order valence-corrected chi connectivity index (χ0v) is 14.9. The van der Waals surface area contributed by atoms with E-state index >= 15 is 0 Å². The summed E-state index contributed by atoms with van der Waals surface area (Å²) >= 11 is 1.45. The molecule has 0 atom stereocenters. The third-order valence-corrected chi connectivity index (χ3v) is 5.27. The average Bonchev–Trinajstić information content (AvgIpc) is 3.12. The number of nitrogens with zero attached hydrogens (tertiary/aromatic N) is 4. The van der Waals surface area contributed by atoms with E-state index in [0.717, 1.165) is 10.2 Å². The van der Waals surface area contributed by atoms with Crippen LogP contribution in [0.25, 0.3) is 10.2 Å². The minimum atomic E-state index is -0.238. The van der Waals surface area contributed by atoms with Gasteiger partial charge in [-0.2, -0.15) is 5.10 Å². The lowest BCUT2D eigenvalue weighted by molar-refractivity contribution is -0.118. The van der Waals surface area contributed by atoms with Gasteiger partial charge in [0.1, 0.15) is 5.71 Å². The fourth-order valence-electron chi connectivity index (χ4n) is 2.76. The number of hydrogen-bond acceptors (Lipinski definition) is 5. The van der Waals surface area contributed by atoms with Crippen molar-refractivity contribution in [2.24, 2.45) is 5.10 Å². The third-order valence-electron chi connectivity index (χ3n) is 4.15. The monoisotopic (exact) mass is 364 g/mol. The second-order valence-corrected chi connectivity index (χ2v) is 6.93. The Kier molecular flexibility index (Phi) is 4.22. The largest absolute Gasteiger partial charge is 0.286 e. The summed E-state index contributed by atoms with van der Waals surface area (Å²) in [6, 6.07) is 16.9. The predicted molar refractivity (Wildman–Crippen MR) is 104 cm³/mol. The standard InChI is InChI=1S/C19H16N4O2S/c1-22(19-20-14-9-5-6-10-16(14)26-19)18(25)15-11-12-17(24)23(21-15)13-7-3-2-4-8-13/h2-10H,11-12H2,1H3. The molecule has 4 rings (SSSR count). The van der Waals surface area contributed by atoms with Crippen LogP contribution in [0.2, 0.25) is 0 Å². The maximum Gasteiger partial charge on any atom is 0.276 e. The number of hydrazone groups is 1. The highest BCUT2D eigenvalue weighted by Crippen LogP contribution is 2.28. The van der Waals surface area contributed by atoms with Gasteiger partial charge in [0.05, 0.1) is 15.9 Å². The second-order valence-electron chi connectivity index (χ2n) is 5.92. The molecule has 1 aliphatic heterocycles. The van der Waals surface area contributed by atoms with Crippen molar-refractivity contribution in [1.82, 2.24) is 4.98 Å². The molecule has 0 unspecified atom stereocenters. The van der Waals surface area contributed by atoms with Gasteiger partial charge < -0.3 is 0 Å². The van der Waals surface area contributed by atoms with Gasteiger partial charge in [0.2, 0.25) is 5.91 Å². The average molecular weight is 364 g/mol. The fourth-order valence-corrected chi connectivity index (χ4v) is 3.69. The van der Waals surface area contributed by atoms with Gasteiger partial charge in [-0.25, -0.2) is 9.99 Å². The summed E-state index contributed by atoms with van der Waals surface area (Å²) in [6.45, 7) is 0. The van der Waals surface area contributed by atoms with Gasteiger partial charge in [0, 0.05) is 19.9 Å². The van der Waals surface area contributed by atoms with Gasteiger partial charge in [0.15, 0.2) is 5.13 Å². The van der Waals surface area contributed by atoms with Crippen LogP contribution in [-0.4, -0.2) is 29.6 Å². The number of fused-ring (bicyclic) bond motifs is 1. The molecule has 2 aromatic carbocycles. The molecule has 0 aliphatic carbocycles. The number of hydrogen-bond donors (Lipinski definition) is 0. The van der Waals surface area contributed by atoms with E-state index in [0.29, 0.717) is 23.0 Å². The predicted octanol–water partition coefficient (Wildman–Crippen LogP) is 3.44. The van der Waals surface area contributed by atoms with E-state index in [-0.39, 0.29) is 18.2 Å². The number of carbonyl (C=O) groups is 2. The fraction of sp³-hybridized carbons (Fsp3) is 0.158. The molecule has 0 fully saturated rings. The molecule has 0 spiro atoms. The lowest BCUT2D eigenvalue weighted by Crippen LogP contribution is -2.40. The van der Waals surface area contributed by atoms with Crippen molar-refractivity contribution in [3.8, 4) is 0 Å². The molecule has 6 nitrogen and oxygen atoms in total. The Hall–Kier alpha value is -3.06. The Labute approximate surface area is 154 Å². The van der Waals surface area contributed by atoms with Crippen LogP contribution in [-0.2, 0) is 9.59 Å². The van der Waals surface area contributed by atoms with Crippen LogP contribution in [0.5, 0.6) is 0 Å². The van der Waals surface area contributed by atoms with Gasteiger partial charge in [-0.15, -0.1) is 0 Å². The number of thiazole rings is 1. The summed E-state index contributed by atoms with van der Waals surface area (Å²) in [5.41, 5.74) is 1.87. The van der Waals surface area contributed by atoms with E-state index < -0.39 is 0 Å². The zero-order valence-electron chi connectivity index (χ0n) is 14.1. The van der Waals surface area contributed by atoms with Gasteiger partial charge >= 0.3 is 0 Å². The molecule has 0 N–H and O–H groups in total. The van der Waals surface area contributed by atoms with E-state index in [4.69, 9.17) is 0 Å². The van der Waals surface area contributed by atoms with Crippen LogP contribution in [0.15, 0.2) is 59.7 Å². The molecule has 7 heteroatoms. The second kappa shape index (κ2) is 6.68. The first-order valence-electron chi connectivity index (χ1n) is 8.22. The topological polar surface area (TPSA) is 65.9 Å². The van der Waals surface area contributed by atoms with Crippen molar-refractivity contribution in [2.75, 3.05) is 17.0 Å². The molecule has 0 radical (unpaired) electrons. The Balaban J connectivity index is 1.63. The molecule has 0 bridgehead atoms. The van der Waals surface area contributed by atoms with Crippen LogP contribution >= 0.6 is 11.3 Å². The molecule has 0 saturated carbocycles. The molecule has 1 aromatic heterocycles. The van der Waals surface area contributed by atoms with Gasteiger partial charge in [-0.3, -0.25) is 14.5 Å². The number of rotatable bonds is 3. The number of para-hydroxylation sites is 2. The Morgan fingerprint density at radius 1 is 1.08 bits per heavy atom. The first kappa shape index (κ1) is 16.4. The molecule has 3 aromatic rings. The summed E-state index contributed by atoms with van der Waals surface area (Å²) in [5, 5.41) is 6.24.